The molecule has 1 aromatic carbocycles. The summed E-state index contributed by atoms with van der Waals surface area (Å²) in [5.41, 5.74) is 6.03. The van der Waals surface area contributed by atoms with Gasteiger partial charge in [0.2, 0.25) is 0 Å². The lowest BCUT2D eigenvalue weighted by atomic mass is 10.2. The third-order valence-electron chi connectivity index (χ3n) is 3.12. The minimum atomic E-state index is 0.779. The Morgan fingerprint density at radius 2 is 2.05 bits per heavy atom. The molecule has 4 nitrogen and oxygen atoms in total. The maximum atomic E-state index is 4.38. The van der Waals surface area contributed by atoms with Gasteiger partial charge in [-0.3, -0.25) is 0 Å². The van der Waals surface area contributed by atoms with E-state index >= 15 is 0 Å². The zero-order valence-corrected chi connectivity index (χ0v) is 10.8. The van der Waals surface area contributed by atoms with Gasteiger partial charge in [0.1, 0.15) is 5.52 Å². The Bertz CT molecular complexity index is 862. The second kappa shape index (κ2) is 4.13. The molecule has 4 rings (SSSR count). The number of aromatic nitrogens is 4. The van der Waals surface area contributed by atoms with Gasteiger partial charge in [-0.25, -0.2) is 15.0 Å². The molecule has 19 heavy (non-hydrogen) atoms. The van der Waals surface area contributed by atoms with Gasteiger partial charge in [-0.15, -0.1) is 11.3 Å². The van der Waals surface area contributed by atoms with Crippen molar-refractivity contribution in [2.75, 3.05) is 0 Å². The predicted octanol–water partition coefficient (Wildman–Crippen LogP) is 3.09. The first-order valence-corrected chi connectivity index (χ1v) is 6.86. The summed E-state index contributed by atoms with van der Waals surface area (Å²) in [4.78, 5) is 13.0. The summed E-state index contributed by atoms with van der Waals surface area (Å²) in [7, 11) is 0. The third-order valence-corrected chi connectivity index (χ3v) is 3.91. The summed E-state index contributed by atoms with van der Waals surface area (Å²) < 4.78 is 3.28. The van der Waals surface area contributed by atoms with Gasteiger partial charge in [-0.1, -0.05) is 6.07 Å². The fraction of sp³-hybridized carbons (Fsp3) is 0.0714. The largest absolute Gasteiger partial charge is 0.311 e. The van der Waals surface area contributed by atoms with E-state index in [0.29, 0.717) is 0 Å². The summed E-state index contributed by atoms with van der Waals surface area (Å²) >= 11 is 1.67. The second-order valence-corrected chi connectivity index (χ2v) is 5.26. The van der Waals surface area contributed by atoms with E-state index in [2.05, 4.69) is 37.7 Å². The fourth-order valence-electron chi connectivity index (χ4n) is 2.21. The molecule has 0 atom stereocenters. The Morgan fingerprint density at radius 3 is 3.05 bits per heavy atom. The Hall–Kier alpha value is -2.27. The zero-order valence-electron chi connectivity index (χ0n) is 10.0. The topological polar surface area (TPSA) is 43.6 Å². The van der Waals surface area contributed by atoms with Gasteiger partial charge < -0.3 is 4.57 Å². The first kappa shape index (κ1) is 10.6. The Morgan fingerprint density at radius 1 is 1.05 bits per heavy atom. The van der Waals surface area contributed by atoms with Gasteiger partial charge >= 0.3 is 0 Å². The SMILES string of the molecule is c1cnc2c(c1)ncn2Cc1ccc2ncsc2c1. The summed E-state index contributed by atoms with van der Waals surface area (Å²) in [6.45, 7) is 0.779. The highest BCUT2D eigenvalue weighted by Gasteiger charge is 2.05. The molecular weight excluding hydrogens is 256 g/mol. The van der Waals surface area contributed by atoms with Crippen LogP contribution in [0.25, 0.3) is 21.4 Å². The molecule has 3 heterocycles. The maximum Gasteiger partial charge on any atom is 0.160 e. The van der Waals surface area contributed by atoms with Crippen LogP contribution in [-0.2, 0) is 6.54 Å². The van der Waals surface area contributed by atoms with Crippen molar-refractivity contribution in [3.63, 3.8) is 0 Å². The first-order valence-electron chi connectivity index (χ1n) is 5.98. The number of pyridine rings is 1. The van der Waals surface area contributed by atoms with E-state index in [4.69, 9.17) is 0 Å². The molecule has 0 saturated carbocycles. The number of benzene rings is 1. The Kier molecular flexibility index (Phi) is 2.31. The summed E-state index contributed by atoms with van der Waals surface area (Å²) in [5, 5.41) is 0. The number of nitrogens with zero attached hydrogens (tertiary/aromatic N) is 4. The Balaban J connectivity index is 1.77. The molecule has 4 aromatic rings. The van der Waals surface area contributed by atoms with Crippen molar-refractivity contribution in [3.8, 4) is 0 Å². The average Bonchev–Trinajstić information content (AvgIpc) is 3.06. The molecule has 0 saturated heterocycles. The number of fused-ring (bicyclic) bond motifs is 2. The molecule has 0 aliphatic rings. The Labute approximate surface area is 113 Å². The molecule has 0 unspecified atom stereocenters. The summed E-state index contributed by atoms with van der Waals surface area (Å²) in [6, 6.07) is 10.2. The van der Waals surface area contributed by atoms with Crippen molar-refractivity contribution >= 4 is 32.7 Å². The van der Waals surface area contributed by atoms with Crippen molar-refractivity contribution in [1.82, 2.24) is 19.5 Å². The highest BCUT2D eigenvalue weighted by atomic mass is 32.1. The number of thiazole rings is 1. The molecular formula is C14H10N4S. The molecule has 0 aliphatic heterocycles. The maximum absolute atomic E-state index is 4.38. The number of hydrogen-bond donors (Lipinski definition) is 0. The molecule has 0 fully saturated rings. The number of rotatable bonds is 2. The smallest absolute Gasteiger partial charge is 0.160 e. The lowest BCUT2D eigenvalue weighted by Crippen LogP contribution is -1.98. The van der Waals surface area contributed by atoms with E-state index in [1.165, 1.54) is 10.3 Å². The summed E-state index contributed by atoms with van der Waals surface area (Å²) in [6.07, 6.45) is 3.64. The van der Waals surface area contributed by atoms with Crippen LogP contribution >= 0.6 is 11.3 Å². The standard InChI is InChI=1S/C14H10N4S/c1-2-12-14(15-5-1)18(8-16-12)7-10-3-4-11-13(6-10)19-9-17-11/h1-6,8-9H,7H2. The highest BCUT2D eigenvalue weighted by Crippen LogP contribution is 2.20. The number of imidazole rings is 1. The molecule has 0 radical (unpaired) electrons. The molecule has 5 heteroatoms. The van der Waals surface area contributed by atoms with Crippen molar-refractivity contribution in [2.45, 2.75) is 6.54 Å². The van der Waals surface area contributed by atoms with Crippen LogP contribution in [0.2, 0.25) is 0 Å². The average molecular weight is 266 g/mol. The van der Waals surface area contributed by atoms with Crippen LogP contribution in [0.3, 0.4) is 0 Å². The van der Waals surface area contributed by atoms with Gasteiger partial charge in [-0.2, -0.15) is 0 Å². The fourth-order valence-corrected chi connectivity index (χ4v) is 2.95. The molecule has 92 valence electrons. The van der Waals surface area contributed by atoms with Crippen LogP contribution in [-0.4, -0.2) is 19.5 Å². The number of hydrogen-bond acceptors (Lipinski definition) is 4. The van der Waals surface area contributed by atoms with Crippen LogP contribution in [0, 0.1) is 0 Å². The van der Waals surface area contributed by atoms with E-state index in [-0.39, 0.29) is 0 Å². The third kappa shape index (κ3) is 1.79. The lowest BCUT2D eigenvalue weighted by Gasteiger charge is -2.03. The van der Waals surface area contributed by atoms with Crippen LogP contribution in [0.15, 0.2) is 48.4 Å². The van der Waals surface area contributed by atoms with E-state index in [1.54, 1.807) is 17.5 Å². The second-order valence-electron chi connectivity index (χ2n) is 4.37. The van der Waals surface area contributed by atoms with Gasteiger partial charge in [0.15, 0.2) is 5.65 Å². The first-order chi connectivity index (χ1) is 9.40. The molecule has 0 N–H and O–H groups in total. The molecule has 0 aliphatic carbocycles. The van der Waals surface area contributed by atoms with Gasteiger partial charge in [-0.05, 0) is 29.8 Å². The van der Waals surface area contributed by atoms with Gasteiger partial charge in [0.05, 0.1) is 28.6 Å². The monoisotopic (exact) mass is 266 g/mol. The van der Waals surface area contributed by atoms with Crippen molar-refractivity contribution in [1.29, 1.82) is 0 Å². The van der Waals surface area contributed by atoms with Crippen LogP contribution < -0.4 is 0 Å². The quantitative estimate of drug-likeness (QED) is 0.560. The molecule has 0 bridgehead atoms. The van der Waals surface area contributed by atoms with E-state index in [9.17, 15) is 0 Å². The van der Waals surface area contributed by atoms with Gasteiger partial charge in [0, 0.05) is 6.20 Å². The van der Waals surface area contributed by atoms with E-state index in [1.807, 2.05) is 24.0 Å². The van der Waals surface area contributed by atoms with E-state index < -0.39 is 0 Å². The minimum absolute atomic E-state index is 0.779. The highest BCUT2D eigenvalue weighted by molar-refractivity contribution is 7.16. The van der Waals surface area contributed by atoms with E-state index in [0.717, 1.165) is 23.2 Å². The minimum Gasteiger partial charge on any atom is -0.311 e. The molecule has 0 amide bonds. The predicted molar refractivity (Wildman–Crippen MR) is 76.3 cm³/mol. The van der Waals surface area contributed by atoms with Crippen LogP contribution in [0.5, 0.6) is 0 Å². The summed E-state index contributed by atoms with van der Waals surface area (Å²) in [5.74, 6) is 0. The lowest BCUT2D eigenvalue weighted by molar-refractivity contribution is 0.815. The molecule has 0 spiro atoms. The van der Waals surface area contributed by atoms with Crippen molar-refractivity contribution < 1.29 is 0 Å². The normalized spacial score (nSPS) is 11.4. The van der Waals surface area contributed by atoms with Crippen molar-refractivity contribution in [2.24, 2.45) is 0 Å². The zero-order chi connectivity index (χ0) is 12.7. The van der Waals surface area contributed by atoms with Crippen molar-refractivity contribution in [3.05, 3.63) is 53.9 Å². The van der Waals surface area contributed by atoms with Gasteiger partial charge in [0.25, 0.3) is 0 Å². The van der Waals surface area contributed by atoms with Crippen LogP contribution in [0.1, 0.15) is 5.56 Å². The van der Waals surface area contributed by atoms with Crippen LogP contribution in [0.4, 0.5) is 0 Å². The molecule has 3 aromatic heterocycles.